The van der Waals surface area contributed by atoms with Crippen LogP contribution in [-0.4, -0.2) is 32.8 Å². The minimum Gasteiger partial charge on any atom is -0.383 e. The first-order valence-electron chi connectivity index (χ1n) is 6.01. The van der Waals surface area contributed by atoms with Crippen LogP contribution >= 0.6 is 35.6 Å². The van der Waals surface area contributed by atoms with Crippen molar-refractivity contribution in [1.29, 1.82) is 0 Å². The maximum absolute atomic E-state index is 5.83. The van der Waals surface area contributed by atoms with E-state index in [1.54, 1.807) is 7.11 Å². The van der Waals surface area contributed by atoms with Crippen LogP contribution in [0.25, 0.3) is 0 Å². The van der Waals surface area contributed by atoms with Gasteiger partial charge in [0.2, 0.25) is 0 Å². The van der Waals surface area contributed by atoms with Crippen LogP contribution < -0.4 is 10.6 Å². The molecule has 0 bridgehead atoms. The fourth-order valence-corrected chi connectivity index (χ4v) is 1.50. The number of ether oxygens (including phenoxy) is 1. The maximum atomic E-state index is 5.83. The number of nitrogens with one attached hydrogen (secondary N) is 2. The normalized spacial score (nSPS) is 10.8. The van der Waals surface area contributed by atoms with E-state index in [9.17, 15) is 0 Å². The molecule has 0 heterocycles. The average molecular weight is 398 g/mol. The van der Waals surface area contributed by atoms with Crippen LogP contribution in [0.15, 0.2) is 29.3 Å². The molecule has 1 aromatic rings. The third-order valence-electron chi connectivity index (χ3n) is 2.28. The van der Waals surface area contributed by atoms with E-state index in [1.165, 1.54) is 0 Å². The Morgan fingerprint density at radius 2 is 1.95 bits per heavy atom. The highest BCUT2D eigenvalue weighted by Gasteiger charge is 1.97. The second-order valence-corrected chi connectivity index (χ2v) is 4.18. The molecule has 19 heavy (non-hydrogen) atoms. The molecule has 0 aliphatic rings. The van der Waals surface area contributed by atoms with E-state index in [1.807, 2.05) is 31.2 Å². The van der Waals surface area contributed by atoms with Crippen LogP contribution in [0.5, 0.6) is 0 Å². The van der Waals surface area contributed by atoms with Crippen molar-refractivity contribution >= 4 is 41.5 Å². The van der Waals surface area contributed by atoms with Crippen molar-refractivity contribution in [3.05, 3.63) is 34.9 Å². The zero-order valence-electron chi connectivity index (χ0n) is 11.3. The quantitative estimate of drug-likeness (QED) is 0.336. The molecule has 0 saturated carbocycles. The molecule has 0 unspecified atom stereocenters. The van der Waals surface area contributed by atoms with Crippen LogP contribution in [-0.2, 0) is 11.3 Å². The molecule has 1 rings (SSSR count). The predicted molar refractivity (Wildman–Crippen MR) is 91.6 cm³/mol. The summed E-state index contributed by atoms with van der Waals surface area (Å²) in [4.78, 5) is 4.48. The fraction of sp³-hybridized carbons (Fsp3) is 0.462. The summed E-state index contributed by atoms with van der Waals surface area (Å²) in [6, 6.07) is 7.70. The molecule has 6 heteroatoms. The largest absolute Gasteiger partial charge is 0.383 e. The topological polar surface area (TPSA) is 45.7 Å². The zero-order valence-corrected chi connectivity index (χ0v) is 14.4. The summed E-state index contributed by atoms with van der Waals surface area (Å²) in [5.41, 5.74) is 1.13. The van der Waals surface area contributed by atoms with Crippen LogP contribution in [0.4, 0.5) is 0 Å². The number of nitrogens with zero attached hydrogens (tertiary/aromatic N) is 1. The van der Waals surface area contributed by atoms with Crippen LogP contribution in [0.1, 0.15) is 12.5 Å². The maximum Gasteiger partial charge on any atom is 0.191 e. The number of rotatable bonds is 6. The number of methoxy groups -OCH3 is 1. The highest BCUT2D eigenvalue weighted by molar-refractivity contribution is 14.0. The molecule has 0 atom stereocenters. The van der Waals surface area contributed by atoms with E-state index >= 15 is 0 Å². The lowest BCUT2D eigenvalue weighted by molar-refractivity contribution is 0.203. The number of hydrogen-bond donors (Lipinski definition) is 2. The van der Waals surface area contributed by atoms with Crippen molar-refractivity contribution in [2.24, 2.45) is 4.99 Å². The molecule has 0 saturated heterocycles. The van der Waals surface area contributed by atoms with E-state index < -0.39 is 0 Å². The third kappa shape index (κ3) is 8.28. The first kappa shape index (κ1) is 18.5. The summed E-state index contributed by atoms with van der Waals surface area (Å²) in [5.74, 6) is 0.796. The van der Waals surface area contributed by atoms with Gasteiger partial charge in [-0.25, -0.2) is 4.99 Å². The lowest BCUT2D eigenvalue weighted by atomic mass is 10.2. The number of halogens is 2. The Hall–Kier alpha value is -0.530. The molecule has 1 aromatic carbocycles. The molecule has 0 aliphatic carbocycles. The van der Waals surface area contributed by atoms with Gasteiger partial charge in [-0.05, 0) is 24.6 Å². The Kier molecular flexibility index (Phi) is 11.0. The van der Waals surface area contributed by atoms with Gasteiger partial charge in [0.1, 0.15) is 0 Å². The van der Waals surface area contributed by atoms with Crippen molar-refractivity contribution in [2.75, 3.05) is 26.8 Å². The van der Waals surface area contributed by atoms with Gasteiger partial charge in [0.25, 0.3) is 0 Å². The van der Waals surface area contributed by atoms with Gasteiger partial charge in [-0.1, -0.05) is 23.7 Å². The van der Waals surface area contributed by atoms with Gasteiger partial charge in [0, 0.05) is 25.2 Å². The standard InChI is InChI=1S/C13H20ClN3O.HI/c1-3-15-13(16-8-9-18-2)17-10-11-4-6-12(14)7-5-11;/h4-7H,3,8-10H2,1-2H3,(H2,15,16,17);1H. The van der Waals surface area contributed by atoms with Gasteiger partial charge in [0.05, 0.1) is 13.2 Å². The number of benzene rings is 1. The minimum atomic E-state index is 0. The van der Waals surface area contributed by atoms with E-state index in [2.05, 4.69) is 15.6 Å². The molecule has 4 nitrogen and oxygen atoms in total. The lowest BCUT2D eigenvalue weighted by Crippen LogP contribution is -2.38. The fourth-order valence-electron chi connectivity index (χ4n) is 1.37. The van der Waals surface area contributed by atoms with Crippen molar-refractivity contribution in [2.45, 2.75) is 13.5 Å². The summed E-state index contributed by atoms with van der Waals surface area (Å²) in [5, 5.41) is 7.11. The van der Waals surface area contributed by atoms with E-state index in [0.717, 1.165) is 29.6 Å². The van der Waals surface area contributed by atoms with Gasteiger partial charge < -0.3 is 15.4 Å². The first-order chi connectivity index (χ1) is 8.76. The predicted octanol–water partition coefficient (Wildman–Crippen LogP) is 2.66. The molecular formula is C13H21ClIN3O. The van der Waals surface area contributed by atoms with Gasteiger partial charge in [-0.2, -0.15) is 0 Å². The highest BCUT2D eigenvalue weighted by Crippen LogP contribution is 2.09. The SMILES string of the molecule is CCNC(=NCc1ccc(Cl)cc1)NCCOC.I. The second-order valence-electron chi connectivity index (χ2n) is 3.74. The average Bonchev–Trinajstić information content (AvgIpc) is 2.38. The van der Waals surface area contributed by atoms with Gasteiger partial charge in [-0.3, -0.25) is 0 Å². The Bertz CT molecular complexity index is 371. The number of guanidine groups is 1. The molecule has 0 amide bonds. The Morgan fingerprint density at radius 3 is 2.53 bits per heavy atom. The Labute approximate surface area is 137 Å². The van der Waals surface area contributed by atoms with Crippen LogP contribution in [0.3, 0.4) is 0 Å². The molecule has 2 N–H and O–H groups in total. The molecule has 0 fully saturated rings. The molecule has 0 radical (unpaired) electrons. The summed E-state index contributed by atoms with van der Waals surface area (Å²) in [7, 11) is 1.68. The monoisotopic (exact) mass is 397 g/mol. The van der Waals surface area contributed by atoms with E-state index in [-0.39, 0.29) is 24.0 Å². The number of hydrogen-bond acceptors (Lipinski definition) is 2. The van der Waals surface area contributed by atoms with Gasteiger partial charge in [-0.15, -0.1) is 24.0 Å². The molecular weight excluding hydrogens is 377 g/mol. The van der Waals surface area contributed by atoms with Crippen molar-refractivity contribution < 1.29 is 4.74 Å². The highest BCUT2D eigenvalue weighted by atomic mass is 127. The summed E-state index contributed by atoms with van der Waals surface area (Å²) >= 11 is 5.83. The third-order valence-corrected chi connectivity index (χ3v) is 2.53. The smallest absolute Gasteiger partial charge is 0.191 e. The zero-order chi connectivity index (χ0) is 13.2. The summed E-state index contributed by atoms with van der Waals surface area (Å²) in [6.45, 7) is 4.89. The minimum absolute atomic E-state index is 0. The molecule has 0 aliphatic heterocycles. The van der Waals surface area contributed by atoms with Crippen LogP contribution in [0.2, 0.25) is 5.02 Å². The van der Waals surface area contributed by atoms with Crippen LogP contribution in [0, 0.1) is 0 Å². The van der Waals surface area contributed by atoms with Gasteiger partial charge in [0.15, 0.2) is 5.96 Å². The second kappa shape index (κ2) is 11.3. The summed E-state index contributed by atoms with van der Waals surface area (Å²) < 4.78 is 4.99. The summed E-state index contributed by atoms with van der Waals surface area (Å²) in [6.07, 6.45) is 0. The van der Waals surface area contributed by atoms with E-state index in [0.29, 0.717) is 13.2 Å². The van der Waals surface area contributed by atoms with Crippen molar-refractivity contribution in [3.63, 3.8) is 0 Å². The first-order valence-corrected chi connectivity index (χ1v) is 6.39. The Morgan fingerprint density at radius 1 is 1.26 bits per heavy atom. The molecule has 0 aromatic heterocycles. The number of aliphatic imine (C=N–C) groups is 1. The molecule has 108 valence electrons. The van der Waals surface area contributed by atoms with E-state index in [4.69, 9.17) is 16.3 Å². The Balaban J connectivity index is 0.00000324. The molecule has 0 spiro atoms. The van der Waals surface area contributed by atoms with Crippen molar-refractivity contribution in [1.82, 2.24) is 10.6 Å². The van der Waals surface area contributed by atoms with Gasteiger partial charge >= 0.3 is 0 Å². The van der Waals surface area contributed by atoms with Crippen molar-refractivity contribution in [3.8, 4) is 0 Å². The lowest BCUT2D eigenvalue weighted by Gasteiger charge is -2.10.